The first kappa shape index (κ1) is 24.5. The van der Waals surface area contributed by atoms with E-state index in [1.807, 2.05) is 24.3 Å². The molecular formula is C27H28N2O5S. The van der Waals surface area contributed by atoms with E-state index in [1.165, 1.54) is 24.0 Å². The second-order valence-electron chi connectivity index (χ2n) is 8.51. The third kappa shape index (κ3) is 4.53. The van der Waals surface area contributed by atoms with Gasteiger partial charge < -0.3 is 14.2 Å². The van der Waals surface area contributed by atoms with Crippen molar-refractivity contribution < 1.29 is 19.0 Å². The molecule has 0 saturated carbocycles. The molecule has 1 aliphatic heterocycles. The van der Waals surface area contributed by atoms with Gasteiger partial charge in [-0.2, -0.15) is 0 Å². The van der Waals surface area contributed by atoms with Crippen molar-refractivity contribution >= 4 is 23.4 Å². The highest BCUT2D eigenvalue weighted by Crippen LogP contribution is 2.35. The molecular weight excluding hydrogens is 464 g/mol. The first-order chi connectivity index (χ1) is 16.8. The van der Waals surface area contributed by atoms with Crippen LogP contribution in [0.2, 0.25) is 0 Å². The van der Waals surface area contributed by atoms with Crippen LogP contribution in [0.3, 0.4) is 0 Å². The monoisotopic (exact) mass is 492 g/mol. The molecule has 0 amide bonds. The second kappa shape index (κ2) is 9.92. The number of nitrogens with zero attached hydrogens (tertiary/aromatic N) is 2. The molecule has 3 aromatic rings. The van der Waals surface area contributed by atoms with Crippen LogP contribution in [0.1, 0.15) is 49.4 Å². The minimum atomic E-state index is -0.719. The molecule has 0 N–H and O–H groups in total. The van der Waals surface area contributed by atoms with Crippen molar-refractivity contribution in [1.82, 2.24) is 4.57 Å². The van der Waals surface area contributed by atoms with Gasteiger partial charge in [0.05, 0.1) is 43.2 Å². The number of hydrogen-bond acceptors (Lipinski definition) is 7. The minimum absolute atomic E-state index is 0.227. The molecule has 2 heterocycles. The van der Waals surface area contributed by atoms with Crippen LogP contribution in [0.25, 0.3) is 6.08 Å². The summed E-state index contributed by atoms with van der Waals surface area (Å²) >= 11 is 1.29. The van der Waals surface area contributed by atoms with Crippen LogP contribution < -0.4 is 24.4 Å². The fourth-order valence-corrected chi connectivity index (χ4v) is 5.21. The summed E-state index contributed by atoms with van der Waals surface area (Å²) in [7, 11) is 4.42. The highest BCUT2D eigenvalue weighted by atomic mass is 32.1. The van der Waals surface area contributed by atoms with Crippen molar-refractivity contribution in [1.29, 1.82) is 0 Å². The van der Waals surface area contributed by atoms with E-state index in [0.29, 0.717) is 43.6 Å². The number of methoxy groups -OCH3 is 3. The quantitative estimate of drug-likeness (QED) is 0.492. The van der Waals surface area contributed by atoms with Gasteiger partial charge in [-0.05, 0) is 47.7 Å². The summed E-state index contributed by atoms with van der Waals surface area (Å²) in [6.45, 7) is 6.03. The molecule has 8 heteroatoms. The van der Waals surface area contributed by atoms with Gasteiger partial charge in [0.15, 0.2) is 16.3 Å². The average molecular weight is 493 g/mol. The molecule has 1 aliphatic rings. The Morgan fingerprint density at radius 1 is 1.06 bits per heavy atom. The molecule has 7 nitrogen and oxygen atoms in total. The normalized spacial score (nSPS) is 15.6. The Morgan fingerprint density at radius 3 is 2.34 bits per heavy atom. The van der Waals surface area contributed by atoms with Crippen molar-refractivity contribution in [2.45, 2.75) is 32.7 Å². The van der Waals surface area contributed by atoms with Gasteiger partial charge in [-0.15, -0.1) is 0 Å². The van der Waals surface area contributed by atoms with Crippen LogP contribution in [-0.2, 0) is 9.53 Å². The molecule has 2 aromatic carbocycles. The molecule has 0 fully saturated rings. The highest BCUT2D eigenvalue weighted by molar-refractivity contribution is 7.07. The summed E-state index contributed by atoms with van der Waals surface area (Å²) in [5, 5.41) is 0. The molecule has 0 radical (unpaired) electrons. The number of fused-ring (bicyclic) bond motifs is 1. The van der Waals surface area contributed by atoms with Crippen LogP contribution in [0.4, 0.5) is 0 Å². The van der Waals surface area contributed by atoms with Crippen molar-refractivity contribution in [2.24, 2.45) is 4.99 Å². The summed E-state index contributed by atoms with van der Waals surface area (Å²) in [6, 6.07) is 12.8. The zero-order chi connectivity index (χ0) is 25.3. The lowest BCUT2D eigenvalue weighted by Crippen LogP contribution is -2.39. The van der Waals surface area contributed by atoms with Crippen molar-refractivity contribution in [3.05, 3.63) is 90.1 Å². The van der Waals surface area contributed by atoms with Crippen LogP contribution >= 0.6 is 11.3 Å². The van der Waals surface area contributed by atoms with E-state index < -0.39 is 12.0 Å². The second-order valence-corrected chi connectivity index (χ2v) is 9.52. The number of carbonyl (C=O) groups is 1. The number of hydrogen-bond donors (Lipinski definition) is 0. The van der Waals surface area contributed by atoms with Gasteiger partial charge in [0.2, 0.25) is 0 Å². The molecule has 35 heavy (non-hydrogen) atoms. The maximum Gasteiger partial charge on any atom is 0.338 e. The van der Waals surface area contributed by atoms with Gasteiger partial charge >= 0.3 is 5.97 Å². The predicted molar refractivity (Wildman–Crippen MR) is 136 cm³/mol. The van der Waals surface area contributed by atoms with Gasteiger partial charge in [0, 0.05) is 0 Å². The molecule has 0 spiro atoms. The standard InChI is InChI=1S/C27H28N2O5S/c1-15(2)18-9-7-17(8-10-18)13-22-25(30)29-24(19-11-12-20(32-4)21(14-19)33-5)23(26(31)34-6)16(3)28-27(29)35-22/h7-15,24H,1-6H3/b22-13-/t24-/m1/s1. The number of thiazole rings is 1. The number of allylic oxidation sites excluding steroid dienone is 1. The summed E-state index contributed by atoms with van der Waals surface area (Å²) in [5.74, 6) is 0.935. The molecule has 182 valence electrons. The van der Waals surface area contributed by atoms with Crippen LogP contribution in [-0.4, -0.2) is 31.9 Å². The third-order valence-electron chi connectivity index (χ3n) is 6.05. The zero-order valence-electron chi connectivity index (χ0n) is 20.6. The number of carbonyl (C=O) groups excluding carboxylic acids is 1. The number of aromatic nitrogens is 1. The van der Waals surface area contributed by atoms with Gasteiger partial charge in [0.25, 0.3) is 5.56 Å². The van der Waals surface area contributed by atoms with Crippen molar-refractivity contribution in [3.8, 4) is 11.5 Å². The molecule has 4 rings (SSSR count). The van der Waals surface area contributed by atoms with Gasteiger partial charge in [-0.1, -0.05) is 55.5 Å². The lowest BCUT2D eigenvalue weighted by Gasteiger charge is -2.25. The van der Waals surface area contributed by atoms with Gasteiger partial charge in [0.1, 0.15) is 0 Å². The van der Waals surface area contributed by atoms with E-state index in [9.17, 15) is 9.59 Å². The Labute approximate surface area is 207 Å². The number of benzene rings is 2. The Balaban J connectivity index is 1.93. The lowest BCUT2D eigenvalue weighted by atomic mass is 9.95. The van der Waals surface area contributed by atoms with Crippen LogP contribution in [0, 0.1) is 0 Å². The SMILES string of the molecule is COC(=O)C1=C(C)N=c2s/c(=C\c3ccc(C(C)C)cc3)c(=O)n2[C@@H]1c1ccc(OC)c(OC)c1. The smallest absolute Gasteiger partial charge is 0.338 e. The Kier molecular flexibility index (Phi) is 6.93. The van der Waals surface area contributed by atoms with Gasteiger partial charge in [-0.3, -0.25) is 9.36 Å². The van der Waals surface area contributed by atoms with Crippen molar-refractivity contribution in [3.63, 3.8) is 0 Å². The fraction of sp³-hybridized carbons (Fsp3) is 0.296. The summed E-state index contributed by atoms with van der Waals surface area (Å²) in [5.41, 5.74) is 3.42. The predicted octanol–water partition coefficient (Wildman–Crippen LogP) is 3.55. The van der Waals surface area contributed by atoms with E-state index >= 15 is 0 Å². The van der Waals surface area contributed by atoms with Gasteiger partial charge in [-0.25, -0.2) is 9.79 Å². The van der Waals surface area contributed by atoms with Crippen molar-refractivity contribution in [2.75, 3.05) is 21.3 Å². The Hall–Kier alpha value is -3.65. The minimum Gasteiger partial charge on any atom is -0.493 e. The maximum absolute atomic E-state index is 13.7. The first-order valence-electron chi connectivity index (χ1n) is 11.2. The molecule has 0 unspecified atom stereocenters. The Morgan fingerprint density at radius 2 is 1.74 bits per heavy atom. The molecule has 1 aromatic heterocycles. The number of esters is 1. The first-order valence-corrected chi connectivity index (χ1v) is 12.0. The average Bonchev–Trinajstić information content (AvgIpc) is 3.16. The summed E-state index contributed by atoms with van der Waals surface area (Å²) in [4.78, 5) is 31.6. The maximum atomic E-state index is 13.7. The van der Waals surface area contributed by atoms with Crippen LogP contribution in [0.15, 0.2) is 63.5 Å². The molecule has 0 aliphatic carbocycles. The van der Waals surface area contributed by atoms with E-state index in [1.54, 1.807) is 37.8 Å². The van der Waals surface area contributed by atoms with E-state index in [2.05, 4.69) is 31.0 Å². The fourth-order valence-electron chi connectivity index (χ4n) is 4.16. The van der Waals surface area contributed by atoms with E-state index in [4.69, 9.17) is 14.2 Å². The van der Waals surface area contributed by atoms with Crippen LogP contribution in [0.5, 0.6) is 11.5 Å². The zero-order valence-corrected chi connectivity index (χ0v) is 21.4. The molecule has 0 bridgehead atoms. The largest absolute Gasteiger partial charge is 0.493 e. The summed E-state index contributed by atoms with van der Waals surface area (Å²) < 4.78 is 18.0. The third-order valence-corrected chi connectivity index (χ3v) is 7.03. The molecule has 0 saturated heterocycles. The number of ether oxygens (including phenoxy) is 3. The Bertz CT molecular complexity index is 1480. The number of rotatable bonds is 6. The lowest BCUT2D eigenvalue weighted by molar-refractivity contribution is -0.136. The highest BCUT2D eigenvalue weighted by Gasteiger charge is 2.33. The summed E-state index contributed by atoms with van der Waals surface area (Å²) in [6.07, 6.45) is 1.86. The molecule has 1 atom stereocenters. The topological polar surface area (TPSA) is 79.1 Å². The van der Waals surface area contributed by atoms with E-state index in [0.717, 1.165) is 5.56 Å². The van der Waals surface area contributed by atoms with E-state index in [-0.39, 0.29) is 5.56 Å².